The molecule has 0 spiro atoms. The van der Waals surface area contributed by atoms with Crippen LogP contribution >= 0.6 is 0 Å². The Hall–Kier alpha value is -1.81. The number of carbonyl (C=O) groups is 1. The number of aromatic nitrogens is 1. The molecule has 1 amide bonds. The lowest BCUT2D eigenvalue weighted by atomic mass is 9.88. The second kappa shape index (κ2) is 4.46. The van der Waals surface area contributed by atoms with Gasteiger partial charge >= 0.3 is 0 Å². The van der Waals surface area contributed by atoms with Crippen LogP contribution in [0.15, 0.2) is 24.3 Å². The van der Waals surface area contributed by atoms with Gasteiger partial charge in [0, 0.05) is 10.9 Å². The molecule has 0 saturated carbocycles. The van der Waals surface area contributed by atoms with E-state index in [-0.39, 0.29) is 0 Å². The standard InChI is InChI=1S/C14H17N3O/c15-14(18)13-8-11-10(2-1-3-12(11)17-13)9-4-6-16-7-5-9/h1-3,8-9,16-17H,4-7H2,(H2,15,18). The van der Waals surface area contributed by atoms with Gasteiger partial charge in [0.25, 0.3) is 5.91 Å². The number of rotatable bonds is 2. The molecule has 2 heterocycles. The Kier molecular flexibility index (Phi) is 2.80. The number of hydrogen-bond acceptors (Lipinski definition) is 2. The largest absolute Gasteiger partial charge is 0.364 e. The van der Waals surface area contributed by atoms with Gasteiger partial charge in [0.1, 0.15) is 5.69 Å². The summed E-state index contributed by atoms with van der Waals surface area (Å²) in [5, 5.41) is 4.51. The van der Waals surface area contributed by atoms with Gasteiger partial charge in [-0.2, -0.15) is 0 Å². The normalized spacial score (nSPS) is 17.1. The number of piperidine rings is 1. The fourth-order valence-electron chi connectivity index (χ4n) is 2.80. The van der Waals surface area contributed by atoms with Gasteiger partial charge in [-0.15, -0.1) is 0 Å². The third kappa shape index (κ3) is 1.88. The molecule has 18 heavy (non-hydrogen) atoms. The lowest BCUT2D eigenvalue weighted by molar-refractivity contribution is 0.0996. The number of hydrogen-bond donors (Lipinski definition) is 3. The maximum atomic E-state index is 11.2. The van der Waals surface area contributed by atoms with Crippen molar-refractivity contribution in [1.29, 1.82) is 0 Å². The number of benzene rings is 1. The highest BCUT2D eigenvalue weighted by Gasteiger charge is 2.18. The van der Waals surface area contributed by atoms with E-state index in [2.05, 4.69) is 16.4 Å². The van der Waals surface area contributed by atoms with E-state index >= 15 is 0 Å². The number of nitrogens with two attached hydrogens (primary N) is 1. The minimum atomic E-state index is -0.400. The molecule has 1 fully saturated rings. The minimum Gasteiger partial charge on any atom is -0.364 e. The molecule has 1 aromatic carbocycles. The van der Waals surface area contributed by atoms with E-state index in [0.29, 0.717) is 11.6 Å². The molecule has 0 atom stereocenters. The van der Waals surface area contributed by atoms with Gasteiger partial charge in [-0.05, 0) is 49.5 Å². The molecule has 0 bridgehead atoms. The number of nitrogens with one attached hydrogen (secondary N) is 2. The molecule has 1 aromatic heterocycles. The van der Waals surface area contributed by atoms with Crippen LogP contribution in [-0.4, -0.2) is 24.0 Å². The smallest absolute Gasteiger partial charge is 0.265 e. The average molecular weight is 243 g/mol. The highest BCUT2D eigenvalue weighted by atomic mass is 16.1. The summed E-state index contributed by atoms with van der Waals surface area (Å²) in [5.41, 5.74) is 8.15. The molecule has 3 rings (SSSR count). The Morgan fingerprint density at radius 1 is 1.28 bits per heavy atom. The highest BCUT2D eigenvalue weighted by Crippen LogP contribution is 2.31. The molecular weight excluding hydrogens is 226 g/mol. The quantitative estimate of drug-likeness (QED) is 0.751. The molecule has 0 radical (unpaired) electrons. The van der Waals surface area contributed by atoms with Crippen LogP contribution in [0.3, 0.4) is 0 Å². The Balaban J connectivity index is 2.07. The second-order valence-electron chi connectivity index (χ2n) is 4.88. The summed E-state index contributed by atoms with van der Waals surface area (Å²) in [5.74, 6) is 0.175. The van der Waals surface area contributed by atoms with Crippen molar-refractivity contribution in [1.82, 2.24) is 10.3 Å². The van der Waals surface area contributed by atoms with Crippen molar-refractivity contribution in [3.63, 3.8) is 0 Å². The van der Waals surface area contributed by atoms with Gasteiger partial charge in [0.15, 0.2) is 0 Å². The molecule has 0 unspecified atom stereocenters. The molecule has 1 saturated heterocycles. The van der Waals surface area contributed by atoms with Gasteiger partial charge in [0.05, 0.1) is 0 Å². The topological polar surface area (TPSA) is 70.9 Å². The van der Waals surface area contributed by atoms with E-state index in [1.807, 2.05) is 18.2 Å². The zero-order chi connectivity index (χ0) is 12.5. The Labute approximate surface area is 106 Å². The van der Waals surface area contributed by atoms with Crippen molar-refractivity contribution in [2.24, 2.45) is 5.73 Å². The Morgan fingerprint density at radius 2 is 2.06 bits per heavy atom. The van der Waals surface area contributed by atoms with Gasteiger partial charge in [-0.3, -0.25) is 4.79 Å². The molecule has 0 aliphatic carbocycles. The maximum Gasteiger partial charge on any atom is 0.265 e. The monoisotopic (exact) mass is 243 g/mol. The predicted molar refractivity (Wildman–Crippen MR) is 71.7 cm³/mol. The molecule has 4 heteroatoms. The van der Waals surface area contributed by atoms with Crippen molar-refractivity contribution < 1.29 is 4.79 Å². The van der Waals surface area contributed by atoms with Crippen molar-refractivity contribution in [3.8, 4) is 0 Å². The van der Waals surface area contributed by atoms with E-state index in [9.17, 15) is 4.79 Å². The lowest BCUT2D eigenvalue weighted by Gasteiger charge is -2.23. The van der Waals surface area contributed by atoms with Crippen molar-refractivity contribution in [2.75, 3.05) is 13.1 Å². The summed E-state index contributed by atoms with van der Waals surface area (Å²) >= 11 is 0. The first kappa shape index (κ1) is 11.3. The van der Waals surface area contributed by atoms with Crippen molar-refractivity contribution in [3.05, 3.63) is 35.5 Å². The van der Waals surface area contributed by atoms with Crippen LogP contribution in [-0.2, 0) is 0 Å². The Morgan fingerprint density at radius 3 is 2.78 bits per heavy atom. The highest BCUT2D eigenvalue weighted by molar-refractivity contribution is 5.98. The van der Waals surface area contributed by atoms with Crippen LogP contribution in [0.5, 0.6) is 0 Å². The van der Waals surface area contributed by atoms with Gasteiger partial charge in [-0.25, -0.2) is 0 Å². The number of aromatic amines is 1. The fourth-order valence-corrected chi connectivity index (χ4v) is 2.80. The molecule has 1 aliphatic rings. The third-order valence-electron chi connectivity index (χ3n) is 3.74. The fraction of sp³-hybridized carbons (Fsp3) is 0.357. The summed E-state index contributed by atoms with van der Waals surface area (Å²) in [4.78, 5) is 14.3. The zero-order valence-electron chi connectivity index (χ0n) is 10.2. The van der Waals surface area contributed by atoms with E-state index in [4.69, 9.17) is 5.73 Å². The molecule has 1 aliphatic heterocycles. The number of amides is 1. The first-order valence-electron chi connectivity index (χ1n) is 6.38. The molecule has 4 N–H and O–H groups in total. The van der Waals surface area contributed by atoms with Gasteiger partial charge in [0.2, 0.25) is 0 Å². The first-order valence-corrected chi connectivity index (χ1v) is 6.38. The summed E-state index contributed by atoms with van der Waals surface area (Å²) in [7, 11) is 0. The predicted octanol–water partition coefficient (Wildman–Crippen LogP) is 1.73. The van der Waals surface area contributed by atoms with Crippen LogP contribution in [0.4, 0.5) is 0 Å². The average Bonchev–Trinajstić information content (AvgIpc) is 2.83. The van der Waals surface area contributed by atoms with Crippen LogP contribution in [0.2, 0.25) is 0 Å². The van der Waals surface area contributed by atoms with Crippen molar-refractivity contribution in [2.45, 2.75) is 18.8 Å². The van der Waals surface area contributed by atoms with E-state index in [1.165, 1.54) is 5.56 Å². The number of primary amides is 1. The van der Waals surface area contributed by atoms with Crippen LogP contribution in [0.1, 0.15) is 34.8 Å². The number of H-pyrrole nitrogens is 1. The molecule has 4 nitrogen and oxygen atoms in total. The van der Waals surface area contributed by atoms with E-state index in [0.717, 1.165) is 36.8 Å². The number of fused-ring (bicyclic) bond motifs is 1. The Bertz CT molecular complexity index is 582. The minimum absolute atomic E-state index is 0.400. The van der Waals surface area contributed by atoms with Gasteiger partial charge < -0.3 is 16.0 Å². The van der Waals surface area contributed by atoms with E-state index in [1.54, 1.807) is 0 Å². The summed E-state index contributed by atoms with van der Waals surface area (Å²) in [6.07, 6.45) is 2.30. The van der Waals surface area contributed by atoms with Gasteiger partial charge in [-0.1, -0.05) is 12.1 Å². The van der Waals surface area contributed by atoms with Crippen LogP contribution in [0.25, 0.3) is 10.9 Å². The number of carbonyl (C=O) groups excluding carboxylic acids is 1. The maximum absolute atomic E-state index is 11.2. The molecule has 94 valence electrons. The SMILES string of the molecule is NC(=O)c1cc2c(C3CCNCC3)cccc2[nH]1. The molecular formula is C14H17N3O. The summed E-state index contributed by atoms with van der Waals surface area (Å²) < 4.78 is 0. The molecule has 2 aromatic rings. The second-order valence-corrected chi connectivity index (χ2v) is 4.88. The summed E-state index contributed by atoms with van der Waals surface area (Å²) in [6.45, 7) is 2.13. The first-order chi connectivity index (χ1) is 8.75. The third-order valence-corrected chi connectivity index (χ3v) is 3.74. The summed E-state index contributed by atoms with van der Waals surface area (Å²) in [6, 6.07) is 8.08. The van der Waals surface area contributed by atoms with Crippen LogP contribution < -0.4 is 11.1 Å². The van der Waals surface area contributed by atoms with E-state index < -0.39 is 5.91 Å². The lowest BCUT2D eigenvalue weighted by Crippen LogP contribution is -2.26. The van der Waals surface area contributed by atoms with Crippen LogP contribution in [0, 0.1) is 0 Å². The van der Waals surface area contributed by atoms with Crippen molar-refractivity contribution >= 4 is 16.8 Å². The zero-order valence-corrected chi connectivity index (χ0v) is 10.2.